The van der Waals surface area contributed by atoms with Crippen molar-refractivity contribution in [2.75, 3.05) is 44.2 Å². The van der Waals surface area contributed by atoms with Crippen molar-refractivity contribution in [1.29, 1.82) is 0 Å². The number of hydrogen-bond acceptors (Lipinski definition) is 5. The maximum absolute atomic E-state index is 10.6. The van der Waals surface area contributed by atoms with E-state index in [1.165, 1.54) is 28.3 Å². The van der Waals surface area contributed by atoms with Crippen molar-refractivity contribution in [3.8, 4) is 5.75 Å². The third kappa shape index (κ3) is 5.42. The van der Waals surface area contributed by atoms with Crippen LogP contribution in [0.25, 0.3) is 0 Å². The number of benzene rings is 2. The number of quaternary nitrogens is 1. The Balaban J connectivity index is 1.40. The van der Waals surface area contributed by atoms with Crippen molar-refractivity contribution in [1.82, 2.24) is 0 Å². The molecule has 2 aromatic rings. The molecule has 3 rings (SSSR count). The summed E-state index contributed by atoms with van der Waals surface area (Å²) < 4.78 is 5.55. The van der Waals surface area contributed by atoms with Crippen LogP contribution in [-0.2, 0) is 0 Å². The van der Waals surface area contributed by atoms with Gasteiger partial charge >= 0.3 is 0 Å². The molecule has 1 aliphatic rings. The van der Waals surface area contributed by atoms with Gasteiger partial charge in [-0.2, -0.15) is 0 Å². The van der Waals surface area contributed by atoms with Gasteiger partial charge in [-0.25, -0.2) is 0 Å². The molecule has 0 spiro atoms. The number of aliphatic hydroxyl groups is 1. The molecule has 0 aromatic heterocycles. The van der Waals surface area contributed by atoms with Crippen LogP contribution in [-0.4, -0.2) is 55.5 Å². The lowest BCUT2D eigenvalue weighted by Gasteiger charge is -2.34. The Kier molecular flexibility index (Phi) is 6.26. The molecule has 27 heavy (non-hydrogen) atoms. The summed E-state index contributed by atoms with van der Waals surface area (Å²) in [6.45, 7) is 6.79. The molecule has 7 heteroatoms. The van der Waals surface area contributed by atoms with Gasteiger partial charge in [0.1, 0.15) is 25.0 Å². The van der Waals surface area contributed by atoms with Gasteiger partial charge in [0.2, 0.25) is 0 Å². The van der Waals surface area contributed by atoms with E-state index in [9.17, 15) is 15.2 Å². The Hall–Kier alpha value is -2.64. The van der Waals surface area contributed by atoms with E-state index in [0.717, 1.165) is 26.2 Å². The van der Waals surface area contributed by atoms with Gasteiger partial charge in [-0.1, -0.05) is 17.7 Å². The number of hydrogen-bond donors (Lipinski definition) is 2. The Bertz CT molecular complexity index is 741. The van der Waals surface area contributed by atoms with E-state index in [0.29, 0.717) is 12.3 Å². The standard InChI is InChI=1S/C20H25N3O4/c1-16-2-4-17(5-3-16)22-12-10-21(11-13-22)14-19(24)15-27-20-8-6-18(7-9-20)23(25)26/h2-9,19,24H,10-15H2,1H3/p+1/t19-/m1/s1. The fourth-order valence-electron chi connectivity index (χ4n) is 3.29. The van der Waals surface area contributed by atoms with Crippen LogP contribution < -0.4 is 14.5 Å². The lowest BCUT2D eigenvalue weighted by atomic mass is 10.2. The predicted molar refractivity (Wildman–Crippen MR) is 104 cm³/mol. The molecule has 1 fully saturated rings. The molecule has 0 aliphatic carbocycles. The Labute approximate surface area is 158 Å². The second-order valence-corrected chi connectivity index (χ2v) is 6.99. The van der Waals surface area contributed by atoms with E-state index >= 15 is 0 Å². The minimum Gasteiger partial charge on any atom is -0.491 e. The SMILES string of the molecule is Cc1ccc(N2CC[NH+](C[C@@H](O)COc3ccc([N+](=O)[O-])cc3)CC2)cc1. The largest absolute Gasteiger partial charge is 0.491 e. The fraction of sp³-hybridized carbons (Fsp3) is 0.400. The number of nitro groups is 1. The van der Waals surface area contributed by atoms with Crippen LogP contribution >= 0.6 is 0 Å². The molecule has 0 unspecified atom stereocenters. The molecule has 0 bridgehead atoms. The maximum atomic E-state index is 10.6. The number of anilines is 1. The van der Waals surface area contributed by atoms with E-state index in [1.54, 1.807) is 12.1 Å². The highest BCUT2D eigenvalue weighted by molar-refractivity contribution is 5.47. The van der Waals surface area contributed by atoms with Gasteiger partial charge < -0.3 is 19.6 Å². The first kappa shape index (κ1) is 19.1. The van der Waals surface area contributed by atoms with Gasteiger partial charge in [-0.3, -0.25) is 10.1 Å². The summed E-state index contributed by atoms with van der Waals surface area (Å²) in [5.74, 6) is 0.527. The zero-order valence-electron chi connectivity index (χ0n) is 15.5. The number of ether oxygens (including phenoxy) is 1. The number of nitrogens with zero attached hydrogens (tertiary/aromatic N) is 2. The van der Waals surface area contributed by atoms with Gasteiger partial charge in [-0.05, 0) is 31.2 Å². The molecular weight excluding hydrogens is 346 g/mol. The number of rotatable bonds is 7. The molecule has 144 valence electrons. The third-order valence-electron chi connectivity index (χ3n) is 4.88. The van der Waals surface area contributed by atoms with E-state index in [1.807, 2.05) is 0 Å². The summed E-state index contributed by atoms with van der Waals surface area (Å²) in [4.78, 5) is 13.9. The second-order valence-electron chi connectivity index (χ2n) is 6.99. The third-order valence-corrected chi connectivity index (χ3v) is 4.88. The van der Waals surface area contributed by atoms with Crippen molar-refractivity contribution in [3.05, 3.63) is 64.2 Å². The molecule has 0 amide bonds. The number of piperazine rings is 1. The van der Waals surface area contributed by atoms with Crippen LogP contribution in [0.2, 0.25) is 0 Å². The van der Waals surface area contributed by atoms with Crippen LogP contribution in [0.4, 0.5) is 11.4 Å². The normalized spacial score (nSPS) is 16.1. The van der Waals surface area contributed by atoms with Crippen LogP contribution in [0.1, 0.15) is 5.56 Å². The molecule has 1 saturated heterocycles. The second kappa shape index (κ2) is 8.83. The first-order valence-corrected chi connectivity index (χ1v) is 9.22. The average molecular weight is 372 g/mol. The topological polar surface area (TPSA) is 80.3 Å². The Morgan fingerprint density at radius 2 is 1.78 bits per heavy atom. The molecular formula is C20H26N3O4+. The van der Waals surface area contributed by atoms with Gasteiger partial charge in [0.15, 0.2) is 0 Å². The van der Waals surface area contributed by atoms with Crippen LogP contribution in [0.3, 0.4) is 0 Å². The van der Waals surface area contributed by atoms with Crippen LogP contribution in [0.5, 0.6) is 5.75 Å². The highest BCUT2D eigenvalue weighted by atomic mass is 16.6. The van der Waals surface area contributed by atoms with Crippen LogP contribution in [0.15, 0.2) is 48.5 Å². The van der Waals surface area contributed by atoms with E-state index in [4.69, 9.17) is 4.74 Å². The summed E-state index contributed by atoms with van der Waals surface area (Å²) in [7, 11) is 0. The number of non-ortho nitro benzene ring substituents is 1. The minimum atomic E-state index is -0.568. The zero-order valence-corrected chi connectivity index (χ0v) is 15.5. The summed E-state index contributed by atoms with van der Waals surface area (Å²) in [6, 6.07) is 14.5. The molecule has 2 N–H and O–H groups in total. The lowest BCUT2D eigenvalue weighted by Crippen LogP contribution is -3.16. The van der Waals surface area contributed by atoms with E-state index < -0.39 is 11.0 Å². The van der Waals surface area contributed by atoms with Crippen molar-refractivity contribution >= 4 is 11.4 Å². The first-order valence-electron chi connectivity index (χ1n) is 9.22. The number of nitrogens with one attached hydrogen (secondary N) is 1. The number of nitro benzene ring substituents is 1. The molecule has 1 aliphatic heterocycles. The van der Waals surface area contributed by atoms with Crippen molar-refractivity contribution in [2.24, 2.45) is 0 Å². The summed E-state index contributed by atoms with van der Waals surface area (Å²) in [6.07, 6.45) is -0.568. The van der Waals surface area contributed by atoms with Gasteiger partial charge in [0, 0.05) is 17.8 Å². The van der Waals surface area contributed by atoms with Crippen molar-refractivity contribution in [3.63, 3.8) is 0 Å². The maximum Gasteiger partial charge on any atom is 0.269 e. The smallest absolute Gasteiger partial charge is 0.269 e. The van der Waals surface area contributed by atoms with E-state index in [-0.39, 0.29) is 12.3 Å². The van der Waals surface area contributed by atoms with Crippen molar-refractivity contribution in [2.45, 2.75) is 13.0 Å². The summed E-state index contributed by atoms with van der Waals surface area (Å²) in [5, 5.41) is 20.9. The highest BCUT2D eigenvalue weighted by Crippen LogP contribution is 2.17. The molecule has 1 atom stereocenters. The minimum absolute atomic E-state index is 0.0267. The van der Waals surface area contributed by atoms with Gasteiger partial charge in [0.25, 0.3) is 5.69 Å². The predicted octanol–water partition coefficient (Wildman–Crippen LogP) is 1.05. The summed E-state index contributed by atoms with van der Waals surface area (Å²) >= 11 is 0. The first-order chi connectivity index (χ1) is 13.0. The summed E-state index contributed by atoms with van der Waals surface area (Å²) in [5.41, 5.74) is 2.54. The molecule has 7 nitrogen and oxygen atoms in total. The Morgan fingerprint density at radius 3 is 2.37 bits per heavy atom. The fourth-order valence-corrected chi connectivity index (χ4v) is 3.29. The Morgan fingerprint density at radius 1 is 1.15 bits per heavy atom. The molecule has 0 radical (unpaired) electrons. The highest BCUT2D eigenvalue weighted by Gasteiger charge is 2.22. The zero-order chi connectivity index (χ0) is 19.2. The molecule has 2 aromatic carbocycles. The quantitative estimate of drug-likeness (QED) is 0.561. The number of aliphatic hydroxyl groups excluding tert-OH is 1. The molecule has 0 saturated carbocycles. The van der Waals surface area contributed by atoms with Gasteiger partial charge in [-0.15, -0.1) is 0 Å². The monoisotopic (exact) mass is 372 g/mol. The van der Waals surface area contributed by atoms with E-state index in [2.05, 4.69) is 36.1 Å². The van der Waals surface area contributed by atoms with Crippen molar-refractivity contribution < 1.29 is 19.7 Å². The van der Waals surface area contributed by atoms with Gasteiger partial charge in [0.05, 0.1) is 31.1 Å². The average Bonchev–Trinajstić information content (AvgIpc) is 2.68. The van der Waals surface area contributed by atoms with Crippen LogP contribution in [0, 0.1) is 17.0 Å². The lowest BCUT2D eigenvalue weighted by molar-refractivity contribution is -0.903. The number of aryl methyl sites for hydroxylation is 1. The molecule has 1 heterocycles.